The third-order valence-corrected chi connectivity index (χ3v) is 3.63. The number of carbonyl (C=O) groups excluding carboxylic acids is 1. The first-order valence-electron chi connectivity index (χ1n) is 6.58. The van der Waals surface area contributed by atoms with E-state index >= 15 is 0 Å². The van der Waals surface area contributed by atoms with Crippen molar-refractivity contribution in [3.8, 4) is 0 Å². The summed E-state index contributed by atoms with van der Waals surface area (Å²) in [6, 6.07) is 8.45. The lowest BCUT2D eigenvalue weighted by molar-refractivity contribution is 0.102. The van der Waals surface area contributed by atoms with Crippen molar-refractivity contribution in [1.29, 1.82) is 0 Å². The summed E-state index contributed by atoms with van der Waals surface area (Å²) in [5.74, 6) is 0.129. The molecule has 116 valence electrons. The van der Waals surface area contributed by atoms with E-state index in [4.69, 9.17) is 0 Å². The second-order valence-electron chi connectivity index (χ2n) is 5.03. The quantitative estimate of drug-likeness (QED) is 0.905. The summed E-state index contributed by atoms with van der Waals surface area (Å²) in [7, 11) is -3.40. The average molecular weight is 319 g/mol. The van der Waals surface area contributed by atoms with E-state index in [0.717, 1.165) is 17.4 Å². The Morgan fingerprint density at radius 2 is 1.86 bits per heavy atom. The van der Waals surface area contributed by atoms with Crippen LogP contribution in [0, 0.1) is 13.8 Å². The molecule has 0 radical (unpaired) electrons. The minimum absolute atomic E-state index is 0.349. The van der Waals surface area contributed by atoms with Crippen molar-refractivity contribution in [2.75, 3.05) is 16.3 Å². The SMILES string of the molecule is Cc1ccc(C(=O)Nc2ncccc2C)cc1NS(C)(=O)=O. The van der Waals surface area contributed by atoms with Gasteiger partial charge in [0.05, 0.1) is 11.9 Å². The molecule has 6 nitrogen and oxygen atoms in total. The highest BCUT2D eigenvalue weighted by atomic mass is 32.2. The van der Waals surface area contributed by atoms with Gasteiger partial charge in [0.25, 0.3) is 5.91 Å². The Hall–Kier alpha value is -2.41. The molecule has 0 aliphatic carbocycles. The normalized spacial score (nSPS) is 11.0. The van der Waals surface area contributed by atoms with Crippen LogP contribution in [0.4, 0.5) is 11.5 Å². The Kier molecular flexibility index (Phi) is 4.46. The maximum Gasteiger partial charge on any atom is 0.256 e. The number of amides is 1. The number of hydrogen-bond acceptors (Lipinski definition) is 4. The maximum atomic E-state index is 12.3. The number of aryl methyl sites for hydroxylation is 2. The van der Waals surface area contributed by atoms with Gasteiger partial charge in [-0.3, -0.25) is 9.52 Å². The number of sulfonamides is 1. The van der Waals surface area contributed by atoms with Crippen LogP contribution in [0.3, 0.4) is 0 Å². The second kappa shape index (κ2) is 6.15. The number of hydrogen-bond donors (Lipinski definition) is 2. The van der Waals surface area contributed by atoms with E-state index in [1.165, 1.54) is 6.07 Å². The summed E-state index contributed by atoms with van der Waals surface area (Å²) in [4.78, 5) is 16.4. The van der Waals surface area contributed by atoms with Crippen LogP contribution in [0.1, 0.15) is 21.5 Å². The summed E-state index contributed by atoms with van der Waals surface area (Å²) in [5, 5.41) is 2.71. The van der Waals surface area contributed by atoms with Crippen molar-refractivity contribution >= 4 is 27.4 Å². The van der Waals surface area contributed by atoms with Crippen LogP contribution in [0.5, 0.6) is 0 Å². The van der Waals surface area contributed by atoms with Crippen molar-refractivity contribution in [2.45, 2.75) is 13.8 Å². The molecular formula is C15H17N3O3S. The molecule has 7 heteroatoms. The molecule has 0 aliphatic heterocycles. The van der Waals surface area contributed by atoms with Gasteiger partial charge in [0.2, 0.25) is 10.0 Å². The van der Waals surface area contributed by atoms with E-state index in [-0.39, 0.29) is 5.91 Å². The minimum atomic E-state index is -3.40. The van der Waals surface area contributed by atoms with Gasteiger partial charge >= 0.3 is 0 Å². The number of rotatable bonds is 4. The smallest absolute Gasteiger partial charge is 0.256 e. The zero-order chi connectivity index (χ0) is 16.3. The Labute approximate surface area is 129 Å². The molecule has 1 amide bonds. The fourth-order valence-electron chi connectivity index (χ4n) is 1.87. The highest BCUT2D eigenvalue weighted by Crippen LogP contribution is 2.19. The minimum Gasteiger partial charge on any atom is -0.306 e. The molecule has 1 heterocycles. The van der Waals surface area contributed by atoms with Gasteiger partial charge < -0.3 is 5.32 Å². The van der Waals surface area contributed by atoms with E-state index in [9.17, 15) is 13.2 Å². The molecule has 0 spiro atoms. The number of nitrogens with zero attached hydrogens (tertiary/aromatic N) is 1. The Balaban J connectivity index is 2.27. The molecule has 0 bridgehead atoms. The van der Waals surface area contributed by atoms with Gasteiger partial charge in [-0.2, -0.15) is 0 Å². The summed E-state index contributed by atoms with van der Waals surface area (Å²) in [6.07, 6.45) is 2.66. The molecule has 2 aromatic rings. The van der Waals surface area contributed by atoms with E-state index in [1.807, 2.05) is 13.0 Å². The molecule has 2 rings (SSSR count). The monoisotopic (exact) mass is 319 g/mol. The zero-order valence-electron chi connectivity index (χ0n) is 12.5. The Morgan fingerprint density at radius 1 is 1.14 bits per heavy atom. The van der Waals surface area contributed by atoms with Gasteiger partial charge in [0, 0.05) is 11.8 Å². The maximum absolute atomic E-state index is 12.3. The zero-order valence-corrected chi connectivity index (χ0v) is 13.4. The molecule has 0 fully saturated rings. The van der Waals surface area contributed by atoms with Crippen molar-refractivity contribution in [3.05, 3.63) is 53.2 Å². The van der Waals surface area contributed by atoms with Crippen molar-refractivity contribution in [3.63, 3.8) is 0 Å². The van der Waals surface area contributed by atoms with Gasteiger partial charge in [0.1, 0.15) is 5.82 Å². The molecule has 0 atom stereocenters. The first kappa shape index (κ1) is 16.0. The largest absolute Gasteiger partial charge is 0.306 e. The summed E-state index contributed by atoms with van der Waals surface area (Å²) >= 11 is 0. The number of anilines is 2. The molecule has 1 aromatic heterocycles. The highest BCUT2D eigenvalue weighted by molar-refractivity contribution is 7.92. The van der Waals surface area contributed by atoms with E-state index in [1.54, 1.807) is 31.3 Å². The fraction of sp³-hybridized carbons (Fsp3) is 0.200. The van der Waals surface area contributed by atoms with Crippen LogP contribution < -0.4 is 10.0 Å². The van der Waals surface area contributed by atoms with Crippen molar-refractivity contribution < 1.29 is 13.2 Å². The van der Waals surface area contributed by atoms with Crippen LogP contribution >= 0.6 is 0 Å². The van der Waals surface area contributed by atoms with Gasteiger partial charge in [0.15, 0.2) is 0 Å². The molecule has 0 aliphatic rings. The van der Waals surface area contributed by atoms with E-state index in [0.29, 0.717) is 17.1 Å². The molecule has 0 saturated heterocycles. The molecule has 1 aromatic carbocycles. The third-order valence-electron chi connectivity index (χ3n) is 3.04. The first-order valence-corrected chi connectivity index (χ1v) is 8.47. The van der Waals surface area contributed by atoms with E-state index in [2.05, 4.69) is 15.0 Å². The third kappa shape index (κ3) is 4.05. The molecule has 0 unspecified atom stereocenters. The first-order chi connectivity index (χ1) is 10.3. The lowest BCUT2D eigenvalue weighted by Crippen LogP contribution is -2.15. The lowest BCUT2D eigenvalue weighted by Gasteiger charge is -2.11. The van der Waals surface area contributed by atoms with E-state index < -0.39 is 10.0 Å². The van der Waals surface area contributed by atoms with Crippen LogP contribution in [-0.4, -0.2) is 25.6 Å². The van der Waals surface area contributed by atoms with Gasteiger partial charge in [-0.1, -0.05) is 12.1 Å². The second-order valence-corrected chi connectivity index (χ2v) is 6.78. The summed E-state index contributed by atoms with van der Waals surface area (Å²) < 4.78 is 25.1. The van der Waals surface area contributed by atoms with Crippen LogP contribution in [0.25, 0.3) is 0 Å². The average Bonchev–Trinajstić information content (AvgIpc) is 2.42. The van der Waals surface area contributed by atoms with Crippen molar-refractivity contribution in [2.24, 2.45) is 0 Å². The van der Waals surface area contributed by atoms with Crippen LogP contribution in [0.15, 0.2) is 36.5 Å². The molecule has 22 heavy (non-hydrogen) atoms. The van der Waals surface area contributed by atoms with Crippen molar-refractivity contribution in [1.82, 2.24) is 4.98 Å². The molecular weight excluding hydrogens is 302 g/mol. The highest BCUT2D eigenvalue weighted by Gasteiger charge is 2.12. The fourth-order valence-corrected chi connectivity index (χ4v) is 2.49. The standard InChI is InChI=1S/C15H17N3O3S/c1-10-6-7-12(9-13(10)18-22(3,20)21)15(19)17-14-11(2)5-4-8-16-14/h4-9,18H,1-3H3,(H,16,17,19). The predicted molar refractivity (Wildman–Crippen MR) is 86.6 cm³/mol. The van der Waals surface area contributed by atoms with Gasteiger partial charge in [-0.05, 0) is 43.2 Å². The molecule has 2 N–H and O–H groups in total. The van der Waals surface area contributed by atoms with Crippen LogP contribution in [0.2, 0.25) is 0 Å². The van der Waals surface area contributed by atoms with Crippen LogP contribution in [-0.2, 0) is 10.0 Å². The predicted octanol–water partition coefficient (Wildman–Crippen LogP) is 2.32. The van der Waals surface area contributed by atoms with Gasteiger partial charge in [-0.25, -0.2) is 13.4 Å². The Morgan fingerprint density at radius 3 is 2.50 bits per heavy atom. The number of benzene rings is 1. The summed E-state index contributed by atoms with van der Waals surface area (Å²) in [6.45, 7) is 3.60. The number of carbonyl (C=O) groups is 1. The molecule has 0 saturated carbocycles. The number of aromatic nitrogens is 1. The topological polar surface area (TPSA) is 88.2 Å². The summed E-state index contributed by atoms with van der Waals surface area (Å²) in [5.41, 5.74) is 2.31. The Bertz CT molecular complexity index is 817. The number of pyridine rings is 1. The number of nitrogens with one attached hydrogen (secondary N) is 2. The van der Waals surface area contributed by atoms with Gasteiger partial charge in [-0.15, -0.1) is 0 Å². The lowest BCUT2D eigenvalue weighted by atomic mass is 10.1.